The van der Waals surface area contributed by atoms with Crippen LogP contribution in [0.3, 0.4) is 0 Å². The number of carbonyl (C=O) groups is 1. The molecule has 3 aliphatic heterocycles. The van der Waals surface area contributed by atoms with Crippen molar-refractivity contribution in [2.24, 2.45) is 5.92 Å². The average molecular weight is 505 g/mol. The number of likely N-dealkylation sites (tertiary alicyclic amines) is 1. The molecule has 1 amide bonds. The molecule has 1 atom stereocenters. The predicted octanol–water partition coefficient (Wildman–Crippen LogP) is 2.96. The number of nitrogens with zero attached hydrogens (tertiary/aromatic N) is 4. The Morgan fingerprint density at radius 1 is 1.00 bits per heavy atom. The summed E-state index contributed by atoms with van der Waals surface area (Å²) in [5.74, 6) is 2.05. The van der Waals surface area contributed by atoms with Crippen molar-refractivity contribution in [2.45, 2.75) is 52.2 Å². The number of anilines is 1. The van der Waals surface area contributed by atoms with E-state index in [1.807, 2.05) is 19.1 Å². The van der Waals surface area contributed by atoms with E-state index in [4.69, 9.17) is 10.6 Å². The number of nitrogens with one attached hydrogen (secondary N) is 1. The molecule has 0 saturated carbocycles. The van der Waals surface area contributed by atoms with Crippen LogP contribution in [0.2, 0.25) is 0 Å². The molecule has 8 heteroatoms. The van der Waals surface area contributed by atoms with E-state index in [0.717, 1.165) is 77.4 Å². The highest BCUT2D eigenvalue weighted by Crippen LogP contribution is 2.24. The second kappa shape index (κ2) is 11.6. The van der Waals surface area contributed by atoms with E-state index in [9.17, 15) is 4.79 Å². The van der Waals surface area contributed by atoms with Gasteiger partial charge in [-0.25, -0.2) is 4.98 Å². The Labute approximate surface area is 220 Å². The average Bonchev–Trinajstić information content (AvgIpc) is 3.22. The lowest BCUT2D eigenvalue weighted by Gasteiger charge is -2.38. The van der Waals surface area contributed by atoms with E-state index in [0.29, 0.717) is 11.7 Å². The first kappa shape index (κ1) is 25.7. The van der Waals surface area contributed by atoms with E-state index < -0.39 is 0 Å². The van der Waals surface area contributed by atoms with Gasteiger partial charge < -0.3 is 15.5 Å². The first-order valence-electron chi connectivity index (χ1n) is 13.6. The Morgan fingerprint density at radius 3 is 2.35 bits per heavy atom. The molecule has 3 N–H and O–H groups in total. The number of carbonyl (C=O) groups excluding carboxylic acids is 1. The van der Waals surface area contributed by atoms with Crippen molar-refractivity contribution in [1.29, 1.82) is 0 Å². The molecular formula is C29H40N6O2. The maximum Gasteiger partial charge on any atom is 0.225 e. The summed E-state index contributed by atoms with van der Waals surface area (Å²) in [6.07, 6.45) is 4.54. The number of hydroxylamine groups is 1. The van der Waals surface area contributed by atoms with Crippen LogP contribution in [0, 0.1) is 5.92 Å². The summed E-state index contributed by atoms with van der Waals surface area (Å²) in [6.45, 7) is 11.4. The van der Waals surface area contributed by atoms with Gasteiger partial charge in [-0.2, -0.15) is 5.48 Å². The first-order valence-corrected chi connectivity index (χ1v) is 13.6. The molecule has 1 unspecified atom stereocenters. The van der Waals surface area contributed by atoms with Gasteiger partial charge in [0.15, 0.2) is 0 Å². The molecule has 0 bridgehead atoms. The van der Waals surface area contributed by atoms with E-state index >= 15 is 0 Å². The monoisotopic (exact) mass is 504 g/mol. The van der Waals surface area contributed by atoms with Crippen molar-refractivity contribution < 1.29 is 9.63 Å². The normalized spacial score (nSPS) is 21.9. The van der Waals surface area contributed by atoms with Crippen molar-refractivity contribution in [2.75, 3.05) is 45.0 Å². The van der Waals surface area contributed by atoms with Gasteiger partial charge in [-0.3, -0.25) is 14.6 Å². The third kappa shape index (κ3) is 6.50. The highest BCUT2D eigenvalue weighted by Gasteiger charge is 2.30. The van der Waals surface area contributed by atoms with Crippen LogP contribution in [0.5, 0.6) is 0 Å². The first-order chi connectivity index (χ1) is 17.9. The number of hydrogen-bond donors (Lipinski definition) is 2. The molecule has 0 radical (unpaired) electrons. The Morgan fingerprint density at radius 2 is 1.68 bits per heavy atom. The van der Waals surface area contributed by atoms with Crippen molar-refractivity contribution in [3.05, 3.63) is 70.6 Å². The SMILES string of the molecule is CC1=C(Cc2cccc(CN3CCN(C(=O)C4CCN(Cc5ccnc(N)c5)CC4)CC3)c2)C(C)NO1. The summed E-state index contributed by atoms with van der Waals surface area (Å²) in [5.41, 5.74) is 14.0. The molecule has 0 aliphatic carbocycles. The van der Waals surface area contributed by atoms with Crippen molar-refractivity contribution >= 4 is 11.7 Å². The molecule has 2 aromatic rings. The van der Waals surface area contributed by atoms with Gasteiger partial charge >= 0.3 is 0 Å². The third-order valence-corrected chi connectivity index (χ3v) is 8.03. The quantitative estimate of drug-likeness (QED) is 0.600. The number of rotatable bonds is 7. The Bertz CT molecular complexity index is 1120. The number of nitrogens with two attached hydrogens (primary N) is 1. The number of benzene rings is 1. The molecule has 1 aromatic heterocycles. The highest BCUT2D eigenvalue weighted by molar-refractivity contribution is 5.79. The Kier molecular flexibility index (Phi) is 8.08. The van der Waals surface area contributed by atoms with Gasteiger partial charge in [0, 0.05) is 51.4 Å². The summed E-state index contributed by atoms with van der Waals surface area (Å²) in [6, 6.07) is 13.1. The lowest BCUT2D eigenvalue weighted by Crippen LogP contribution is -2.51. The topological polar surface area (TPSA) is 87.0 Å². The minimum atomic E-state index is 0.149. The smallest absolute Gasteiger partial charge is 0.225 e. The fraction of sp³-hybridized carbons (Fsp3) is 0.517. The maximum absolute atomic E-state index is 13.2. The zero-order valence-electron chi connectivity index (χ0n) is 22.2. The molecule has 5 rings (SSSR count). The van der Waals surface area contributed by atoms with Gasteiger partial charge in [0.1, 0.15) is 11.6 Å². The summed E-state index contributed by atoms with van der Waals surface area (Å²) in [7, 11) is 0. The molecule has 0 spiro atoms. The summed E-state index contributed by atoms with van der Waals surface area (Å²) in [4.78, 5) is 29.8. The Hall–Kier alpha value is -2.94. The number of piperidine rings is 1. The van der Waals surface area contributed by atoms with Crippen LogP contribution >= 0.6 is 0 Å². The highest BCUT2D eigenvalue weighted by atomic mass is 16.7. The number of pyridine rings is 1. The molecule has 37 heavy (non-hydrogen) atoms. The van der Waals surface area contributed by atoms with E-state index in [-0.39, 0.29) is 12.0 Å². The predicted molar refractivity (Wildman–Crippen MR) is 145 cm³/mol. The Balaban J connectivity index is 1.06. The minimum absolute atomic E-state index is 0.149. The number of allylic oxidation sites excluding steroid dienone is 1. The van der Waals surface area contributed by atoms with Gasteiger partial charge in [-0.15, -0.1) is 0 Å². The van der Waals surface area contributed by atoms with Crippen LogP contribution in [0.15, 0.2) is 53.9 Å². The lowest BCUT2D eigenvalue weighted by molar-refractivity contribution is -0.139. The van der Waals surface area contributed by atoms with Crippen molar-refractivity contribution in [1.82, 2.24) is 25.2 Å². The number of piperazine rings is 1. The summed E-state index contributed by atoms with van der Waals surface area (Å²) < 4.78 is 0. The van der Waals surface area contributed by atoms with Crippen LogP contribution in [-0.2, 0) is 29.1 Å². The number of hydrogen-bond acceptors (Lipinski definition) is 7. The van der Waals surface area contributed by atoms with E-state index in [1.54, 1.807) is 6.20 Å². The van der Waals surface area contributed by atoms with Crippen LogP contribution < -0.4 is 11.2 Å². The molecule has 2 fully saturated rings. The zero-order chi connectivity index (χ0) is 25.8. The maximum atomic E-state index is 13.2. The van der Waals surface area contributed by atoms with E-state index in [2.05, 4.69) is 56.4 Å². The van der Waals surface area contributed by atoms with Crippen LogP contribution in [0.25, 0.3) is 0 Å². The fourth-order valence-electron chi connectivity index (χ4n) is 5.79. The van der Waals surface area contributed by atoms with Crippen LogP contribution in [-0.4, -0.2) is 70.9 Å². The van der Waals surface area contributed by atoms with Crippen molar-refractivity contribution in [3.63, 3.8) is 0 Å². The molecule has 8 nitrogen and oxygen atoms in total. The molecule has 2 saturated heterocycles. The fourth-order valence-corrected chi connectivity index (χ4v) is 5.79. The molecule has 3 aliphatic rings. The molecule has 4 heterocycles. The van der Waals surface area contributed by atoms with Crippen LogP contribution in [0.1, 0.15) is 43.4 Å². The van der Waals surface area contributed by atoms with Crippen molar-refractivity contribution in [3.8, 4) is 0 Å². The second-order valence-corrected chi connectivity index (χ2v) is 10.8. The van der Waals surface area contributed by atoms with E-state index in [1.165, 1.54) is 22.3 Å². The van der Waals surface area contributed by atoms with Gasteiger partial charge in [0.25, 0.3) is 0 Å². The van der Waals surface area contributed by atoms with Gasteiger partial charge in [0.2, 0.25) is 5.91 Å². The summed E-state index contributed by atoms with van der Waals surface area (Å²) >= 11 is 0. The van der Waals surface area contributed by atoms with Gasteiger partial charge in [-0.05, 0) is 80.6 Å². The lowest BCUT2D eigenvalue weighted by atomic mass is 9.94. The second-order valence-electron chi connectivity index (χ2n) is 10.8. The van der Waals surface area contributed by atoms with Crippen LogP contribution in [0.4, 0.5) is 5.82 Å². The number of aromatic nitrogens is 1. The third-order valence-electron chi connectivity index (χ3n) is 8.03. The van der Waals surface area contributed by atoms with Gasteiger partial charge in [-0.1, -0.05) is 24.3 Å². The zero-order valence-corrected chi connectivity index (χ0v) is 22.2. The standard InChI is InChI=1S/C29H40N6O2/c1-21-27(22(2)37-32-21)17-23-4-3-5-24(16-23)19-34-12-14-35(15-13-34)29(36)26-7-10-33(11-8-26)20-25-6-9-31-28(30)18-25/h3-6,9,16,18,21,26,32H,7-8,10-15,17,19-20H2,1-2H3,(H2,30,31). The molecular weight excluding hydrogens is 464 g/mol. The number of amides is 1. The largest absolute Gasteiger partial charge is 0.413 e. The summed E-state index contributed by atoms with van der Waals surface area (Å²) in [5, 5.41) is 0. The molecule has 1 aromatic carbocycles. The number of nitrogen functional groups attached to an aromatic ring is 1. The minimum Gasteiger partial charge on any atom is -0.413 e. The van der Waals surface area contributed by atoms with Gasteiger partial charge in [0.05, 0.1) is 6.04 Å². The molecule has 198 valence electrons.